The van der Waals surface area contributed by atoms with E-state index >= 15 is 0 Å². The molecule has 0 saturated heterocycles. The van der Waals surface area contributed by atoms with E-state index in [1.807, 2.05) is 67.3 Å². The second-order valence-corrected chi connectivity index (χ2v) is 11.9. The summed E-state index contributed by atoms with van der Waals surface area (Å²) in [6.45, 7) is 13.3. The molecule has 1 aliphatic heterocycles. The Morgan fingerprint density at radius 2 is 1.72 bits per heavy atom. The van der Waals surface area contributed by atoms with Crippen LogP contribution in [0.2, 0.25) is 0 Å². The summed E-state index contributed by atoms with van der Waals surface area (Å²) in [5.41, 5.74) is 5.92. The number of methoxy groups -OCH3 is 1. The van der Waals surface area contributed by atoms with Crippen LogP contribution in [0.4, 0.5) is 5.69 Å². The number of ether oxygens (including phenoxy) is 2. The molecule has 8 heteroatoms. The highest BCUT2D eigenvalue weighted by Crippen LogP contribution is 2.33. The highest BCUT2D eigenvalue weighted by molar-refractivity contribution is 5.97. The lowest BCUT2D eigenvalue weighted by molar-refractivity contribution is -0.122. The first kappa shape index (κ1) is 32.2. The zero-order chi connectivity index (χ0) is 31.1. The number of benzene rings is 2. The number of para-hydroxylation sites is 1. The van der Waals surface area contributed by atoms with E-state index in [2.05, 4.69) is 38.8 Å². The summed E-state index contributed by atoms with van der Waals surface area (Å²) in [6.07, 6.45) is 0.844. The molecule has 0 N–H and O–H groups in total. The van der Waals surface area contributed by atoms with E-state index in [1.54, 1.807) is 4.90 Å². The van der Waals surface area contributed by atoms with E-state index in [-0.39, 0.29) is 30.4 Å². The van der Waals surface area contributed by atoms with Crippen LogP contribution in [-0.4, -0.2) is 79.6 Å². The first-order chi connectivity index (χ1) is 20.6. The summed E-state index contributed by atoms with van der Waals surface area (Å²) in [5.74, 6) is 0.650. The second kappa shape index (κ2) is 14.6. The summed E-state index contributed by atoms with van der Waals surface area (Å²) < 4.78 is 11.3. The zero-order valence-electron chi connectivity index (χ0n) is 26.7. The smallest absolute Gasteiger partial charge is 0.256 e. The molecule has 0 radical (unpaired) electrons. The molecule has 0 spiro atoms. The Morgan fingerprint density at radius 3 is 2.44 bits per heavy atom. The lowest BCUT2D eigenvalue weighted by Gasteiger charge is -2.28. The predicted octanol–water partition coefficient (Wildman–Crippen LogP) is 5.92. The van der Waals surface area contributed by atoms with Gasteiger partial charge in [0, 0.05) is 44.5 Å². The first-order valence-corrected chi connectivity index (χ1v) is 15.2. The Bertz CT molecular complexity index is 1420. The number of aryl methyl sites for hydroxylation is 1. The van der Waals surface area contributed by atoms with Crippen LogP contribution in [0, 0.1) is 6.92 Å². The third-order valence-corrected chi connectivity index (χ3v) is 7.65. The van der Waals surface area contributed by atoms with E-state index in [4.69, 9.17) is 14.5 Å². The summed E-state index contributed by atoms with van der Waals surface area (Å²) in [5, 5.41) is 0. The molecule has 230 valence electrons. The van der Waals surface area contributed by atoms with Crippen molar-refractivity contribution >= 4 is 17.5 Å². The number of nitrogens with zero attached hydrogens (tertiary/aromatic N) is 4. The van der Waals surface area contributed by atoms with Crippen LogP contribution >= 0.6 is 0 Å². The van der Waals surface area contributed by atoms with Gasteiger partial charge in [0.1, 0.15) is 12.4 Å². The molecule has 1 aromatic heterocycles. The number of pyridine rings is 1. The molecule has 3 aromatic rings. The standard InChI is InChI=1S/C35H46N4O4/c1-24(2)34-28(14-15-30(36-34)29-21-26(5)13-16-32(29)43-25(3)4)35(41)38-20-19-37(6)17-10-18-39(33(40)23-42-7)31-12-9-8-11-27(31)22-38/h8-9,11-16,21,24-25H,10,17-20,22-23H2,1-7H3. The van der Waals surface area contributed by atoms with Gasteiger partial charge in [0.2, 0.25) is 0 Å². The van der Waals surface area contributed by atoms with Crippen molar-refractivity contribution in [2.75, 3.05) is 51.8 Å². The maximum absolute atomic E-state index is 14.4. The fraction of sp³-hybridized carbons (Fsp3) is 0.457. The largest absolute Gasteiger partial charge is 0.490 e. The number of carbonyl (C=O) groups is 2. The van der Waals surface area contributed by atoms with Gasteiger partial charge in [-0.3, -0.25) is 14.6 Å². The molecule has 8 nitrogen and oxygen atoms in total. The molecule has 43 heavy (non-hydrogen) atoms. The van der Waals surface area contributed by atoms with Crippen LogP contribution in [-0.2, 0) is 16.1 Å². The Labute approximate surface area is 256 Å². The molecule has 0 fully saturated rings. The summed E-state index contributed by atoms with van der Waals surface area (Å²) in [6, 6.07) is 17.8. The number of likely N-dealkylation sites (N-methyl/N-ethyl adjacent to an activating group) is 1. The van der Waals surface area contributed by atoms with Gasteiger partial charge in [0.05, 0.1) is 23.1 Å². The molecule has 0 unspecified atom stereocenters. The van der Waals surface area contributed by atoms with Crippen LogP contribution in [0.3, 0.4) is 0 Å². The second-order valence-electron chi connectivity index (χ2n) is 11.9. The van der Waals surface area contributed by atoms with E-state index in [0.29, 0.717) is 25.2 Å². The Hall–Kier alpha value is -3.75. The minimum absolute atomic E-state index is 0.00739. The van der Waals surface area contributed by atoms with Gasteiger partial charge in [-0.1, -0.05) is 43.7 Å². The lowest BCUT2D eigenvalue weighted by Crippen LogP contribution is -2.38. The SMILES string of the molecule is COCC(=O)N1CCCN(C)CCN(C(=O)c2ccc(-c3cc(C)ccc3OC(C)C)nc2C(C)C)Cc2ccccc21. The number of fused-ring (bicyclic) bond motifs is 1. The molecule has 0 aliphatic carbocycles. The Morgan fingerprint density at radius 1 is 0.953 bits per heavy atom. The number of amides is 2. The molecular weight excluding hydrogens is 540 g/mol. The number of carbonyl (C=O) groups excluding carboxylic acids is 2. The number of hydrogen-bond donors (Lipinski definition) is 0. The third kappa shape index (κ3) is 8.00. The van der Waals surface area contributed by atoms with Crippen LogP contribution in [0.5, 0.6) is 5.75 Å². The molecule has 2 amide bonds. The highest BCUT2D eigenvalue weighted by atomic mass is 16.5. The molecule has 0 atom stereocenters. The fourth-order valence-electron chi connectivity index (χ4n) is 5.47. The van der Waals surface area contributed by atoms with Crippen LogP contribution in [0.1, 0.15) is 67.2 Å². The van der Waals surface area contributed by atoms with Crippen LogP contribution < -0.4 is 9.64 Å². The zero-order valence-corrected chi connectivity index (χ0v) is 26.7. The number of rotatable bonds is 7. The van der Waals surface area contributed by atoms with Crippen molar-refractivity contribution in [1.82, 2.24) is 14.8 Å². The third-order valence-electron chi connectivity index (χ3n) is 7.65. The van der Waals surface area contributed by atoms with Gasteiger partial charge in [-0.15, -0.1) is 0 Å². The molecule has 1 aliphatic rings. The lowest BCUT2D eigenvalue weighted by atomic mass is 9.99. The quantitative estimate of drug-likeness (QED) is 0.342. The van der Waals surface area contributed by atoms with Crippen molar-refractivity contribution in [3.8, 4) is 17.0 Å². The van der Waals surface area contributed by atoms with Crippen molar-refractivity contribution in [1.29, 1.82) is 0 Å². The van der Waals surface area contributed by atoms with Gasteiger partial charge in [-0.05, 0) is 82.6 Å². The average Bonchev–Trinajstić information content (AvgIpc) is 3.00. The van der Waals surface area contributed by atoms with E-state index in [1.165, 1.54) is 7.11 Å². The molecule has 4 rings (SSSR count). The topological polar surface area (TPSA) is 75.2 Å². The number of anilines is 1. The van der Waals surface area contributed by atoms with Gasteiger partial charge in [-0.25, -0.2) is 0 Å². The van der Waals surface area contributed by atoms with Crippen molar-refractivity contribution in [2.45, 2.75) is 59.6 Å². The van der Waals surface area contributed by atoms with Crippen molar-refractivity contribution in [3.63, 3.8) is 0 Å². The average molecular weight is 587 g/mol. The van der Waals surface area contributed by atoms with E-state index in [0.717, 1.165) is 59.0 Å². The van der Waals surface area contributed by atoms with Gasteiger partial charge < -0.3 is 24.2 Å². The normalized spacial score (nSPS) is 14.9. The maximum atomic E-state index is 14.4. The number of hydrogen-bond acceptors (Lipinski definition) is 6. The van der Waals surface area contributed by atoms with Crippen molar-refractivity contribution < 1.29 is 19.1 Å². The number of aromatic nitrogens is 1. The first-order valence-electron chi connectivity index (χ1n) is 15.2. The van der Waals surface area contributed by atoms with Crippen LogP contribution in [0.25, 0.3) is 11.3 Å². The molecule has 0 bridgehead atoms. The molecule has 2 aromatic carbocycles. The summed E-state index contributed by atoms with van der Waals surface area (Å²) in [7, 11) is 3.59. The highest BCUT2D eigenvalue weighted by Gasteiger charge is 2.26. The summed E-state index contributed by atoms with van der Waals surface area (Å²) >= 11 is 0. The van der Waals surface area contributed by atoms with Crippen molar-refractivity contribution in [3.05, 3.63) is 77.0 Å². The van der Waals surface area contributed by atoms with E-state index < -0.39 is 0 Å². The predicted molar refractivity (Wildman–Crippen MR) is 172 cm³/mol. The van der Waals surface area contributed by atoms with Gasteiger partial charge in [0.25, 0.3) is 11.8 Å². The van der Waals surface area contributed by atoms with Gasteiger partial charge >= 0.3 is 0 Å². The molecule has 0 saturated carbocycles. The fourth-order valence-corrected chi connectivity index (χ4v) is 5.47. The monoisotopic (exact) mass is 586 g/mol. The van der Waals surface area contributed by atoms with Gasteiger partial charge in [0.15, 0.2) is 0 Å². The summed E-state index contributed by atoms with van der Waals surface area (Å²) in [4.78, 5) is 38.4. The van der Waals surface area contributed by atoms with Crippen molar-refractivity contribution in [2.24, 2.45) is 0 Å². The minimum Gasteiger partial charge on any atom is -0.490 e. The Balaban J connectivity index is 1.74. The van der Waals surface area contributed by atoms with E-state index in [9.17, 15) is 9.59 Å². The maximum Gasteiger partial charge on any atom is 0.256 e. The Kier molecular flexibility index (Phi) is 10.9. The molecule has 2 heterocycles. The van der Waals surface area contributed by atoms with Crippen LogP contribution in [0.15, 0.2) is 54.6 Å². The molecular formula is C35H46N4O4. The van der Waals surface area contributed by atoms with Gasteiger partial charge in [-0.2, -0.15) is 0 Å². The minimum atomic E-state index is -0.0893.